The average molecular weight is 411 g/mol. The SMILES string of the molecule is CC(C)(C)C(=O)c1c(O)c(O)n(-c2ccc3nc[nH]c3c2)c1-c1cccc(F)c1F. The minimum Gasteiger partial charge on any atom is -0.503 e. The lowest BCUT2D eigenvalue weighted by molar-refractivity contribution is 0.0856. The number of nitrogens with one attached hydrogen (secondary N) is 1. The number of H-pyrrole nitrogens is 1. The summed E-state index contributed by atoms with van der Waals surface area (Å²) in [7, 11) is 0. The van der Waals surface area contributed by atoms with E-state index in [1.807, 2.05) is 0 Å². The highest BCUT2D eigenvalue weighted by molar-refractivity contribution is 6.08. The topological polar surface area (TPSA) is 91.1 Å². The number of nitrogens with zero attached hydrogens (tertiary/aromatic N) is 2. The number of rotatable bonds is 3. The maximum absolute atomic E-state index is 14.8. The van der Waals surface area contributed by atoms with Crippen LogP contribution in [0.1, 0.15) is 31.1 Å². The molecule has 3 N–H and O–H groups in total. The van der Waals surface area contributed by atoms with E-state index in [0.29, 0.717) is 16.7 Å². The fourth-order valence-electron chi connectivity index (χ4n) is 3.39. The summed E-state index contributed by atoms with van der Waals surface area (Å²) in [5, 5.41) is 21.4. The molecule has 2 heterocycles. The summed E-state index contributed by atoms with van der Waals surface area (Å²) in [5.41, 5.74) is -0.0419. The van der Waals surface area contributed by atoms with E-state index in [1.165, 1.54) is 18.5 Å². The van der Waals surface area contributed by atoms with Gasteiger partial charge in [-0.25, -0.2) is 13.8 Å². The lowest BCUT2D eigenvalue weighted by Crippen LogP contribution is -2.21. The van der Waals surface area contributed by atoms with Crippen molar-refractivity contribution in [1.82, 2.24) is 14.5 Å². The van der Waals surface area contributed by atoms with Crippen molar-refractivity contribution in [3.05, 3.63) is 59.9 Å². The maximum atomic E-state index is 14.8. The zero-order valence-corrected chi connectivity index (χ0v) is 16.5. The Morgan fingerprint density at radius 2 is 1.87 bits per heavy atom. The molecule has 0 saturated carbocycles. The monoisotopic (exact) mass is 411 g/mol. The number of ketones is 1. The van der Waals surface area contributed by atoms with Gasteiger partial charge < -0.3 is 15.2 Å². The van der Waals surface area contributed by atoms with Gasteiger partial charge in [0.2, 0.25) is 5.88 Å². The predicted octanol–water partition coefficient (Wildman–Crippen LogP) is 4.94. The summed E-state index contributed by atoms with van der Waals surface area (Å²) >= 11 is 0. The van der Waals surface area contributed by atoms with Gasteiger partial charge in [0.1, 0.15) is 0 Å². The van der Waals surface area contributed by atoms with Crippen LogP contribution in [0.2, 0.25) is 0 Å². The maximum Gasteiger partial charge on any atom is 0.240 e. The van der Waals surface area contributed by atoms with E-state index in [0.717, 1.165) is 10.6 Å². The van der Waals surface area contributed by atoms with Gasteiger partial charge in [0, 0.05) is 11.0 Å². The molecule has 30 heavy (non-hydrogen) atoms. The smallest absolute Gasteiger partial charge is 0.240 e. The second kappa shape index (κ2) is 6.69. The highest BCUT2D eigenvalue weighted by Crippen LogP contribution is 2.46. The number of Topliss-reactive ketones (excluding diaryl/α,β-unsaturated/α-hetero) is 1. The number of aromatic nitrogens is 3. The largest absolute Gasteiger partial charge is 0.503 e. The van der Waals surface area contributed by atoms with Gasteiger partial charge in [0.15, 0.2) is 23.2 Å². The van der Waals surface area contributed by atoms with Gasteiger partial charge in [-0.05, 0) is 30.3 Å². The third kappa shape index (κ3) is 2.92. The number of hydrogen-bond donors (Lipinski definition) is 3. The fourth-order valence-corrected chi connectivity index (χ4v) is 3.39. The number of aromatic hydroxyl groups is 2. The number of hydrogen-bond acceptors (Lipinski definition) is 4. The van der Waals surface area contributed by atoms with Crippen LogP contribution in [0.25, 0.3) is 28.0 Å². The Hall–Kier alpha value is -3.68. The van der Waals surface area contributed by atoms with Crippen LogP contribution in [0.5, 0.6) is 11.6 Å². The molecule has 0 unspecified atom stereocenters. The van der Waals surface area contributed by atoms with Gasteiger partial charge in [-0.2, -0.15) is 0 Å². The molecular formula is C22H19F2N3O3. The van der Waals surface area contributed by atoms with Crippen molar-refractivity contribution in [1.29, 1.82) is 0 Å². The van der Waals surface area contributed by atoms with Crippen molar-refractivity contribution in [3.8, 4) is 28.6 Å². The normalized spacial score (nSPS) is 11.9. The van der Waals surface area contributed by atoms with Crippen molar-refractivity contribution in [3.63, 3.8) is 0 Å². The molecule has 0 radical (unpaired) electrons. The van der Waals surface area contributed by atoms with Crippen LogP contribution < -0.4 is 0 Å². The molecule has 0 spiro atoms. The molecule has 8 heteroatoms. The van der Waals surface area contributed by atoms with Gasteiger partial charge in [0.25, 0.3) is 0 Å². The lowest BCUT2D eigenvalue weighted by Gasteiger charge is -2.18. The molecule has 0 aliphatic rings. The zero-order valence-electron chi connectivity index (χ0n) is 16.5. The Labute approximate surface area is 170 Å². The molecule has 0 bridgehead atoms. The van der Waals surface area contributed by atoms with Crippen LogP contribution in [-0.2, 0) is 0 Å². The van der Waals surface area contributed by atoms with Crippen LogP contribution in [0, 0.1) is 17.0 Å². The summed E-state index contributed by atoms with van der Waals surface area (Å²) in [6.07, 6.45) is 1.49. The molecule has 0 amide bonds. The summed E-state index contributed by atoms with van der Waals surface area (Å²) in [6, 6.07) is 8.41. The first-order valence-electron chi connectivity index (χ1n) is 9.20. The minimum absolute atomic E-state index is 0.138. The number of fused-ring (bicyclic) bond motifs is 1. The van der Waals surface area contributed by atoms with E-state index < -0.39 is 34.5 Å². The standard InChI is InChI=1S/C22H19F2N3O3/c1-22(2,3)20(29)16-18(12-5-4-6-13(23)17(12)24)27(21(30)19(16)28)11-7-8-14-15(9-11)26-10-25-14/h4-10,28,30H,1-3H3,(H,25,26). The molecule has 2 aromatic heterocycles. The van der Waals surface area contributed by atoms with E-state index in [4.69, 9.17) is 0 Å². The highest BCUT2D eigenvalue weighted by atomic mass is 19.2. The summed E-state index contributed by atoms with van der Waals surface area (Å²) < 4.78 is 30.0. The van der Waals surface area contributed by atoms with Gasteiger partial charge in [-0.15, -0.1) is 0 Å². The third-order valence-electron chi connectivity index (χ3n) is 4.90. The quantitative estimate of drug-likeness (QED) is 0.417. The number of aromatic amines is 1. The molecule has 4 aromatic rings. The average Bonchev–Trinajstić information content (AvgIpc) is 3.25. The van der Waals surface area contributed by atoms with Crippen LogP contribution in [0.4, 0.5) is 8.78 Å². The van der Waals surface area contributed by atoms with Crippen molar-refractivity contribution in [2.24, 2.45) is 5.41 Å². The van der Waals surface area contributed by atoms with Gasteiger partial charge >= 0.3 is 0 Å². The summed E-state index contributed by atoms with van der Waals surface area (Å²) in [5.74, 6) is -4.19. The Bertz CT molecular complexity index is 1300. The molecule has 4 rings (SSSR count). The van der Waals surface area contributed by atoms with Crippen LogP contribution in [0.3, 0.4) is 0 Å². The Balaban J connectivity index is 2.12. The number of carbonyl (C=O) groups is 1. The molecule has 2 aromatic carbocycles. The number of halogens is 2. The van der Waals surface area contributed by atoms with Crippen LogP contribution in [-0.4, -0.2) is 30.5 Å². The second-order valence-corrected chi connectivity index (χ2v) is 8.02. The Morgan fingerprint density at radius 3 is 2.57 bits per heavy atom. The molecule has 154 valence electrons. The molecule has 0 atom stereocenters. The van der Waals surface area contributed by atoms with Gasteiger partial charge in [-0.3, -0.25) is 9.36 Å². The first kappa shape index (κ1) is 19.6. The number of imidazole rings is 1. The van der Waals surface area contributed by atoms with Crippen LogP contribution >= 0.6 is 0 Å². The van der Waals surface area contributed by atoms with E-state index >= 15 is 0 Å². The predicted molar refractivity (Wildman–Crippen MR) is 108 cm³/mol. The van der Waals surface area contributed by atoms with E-state index in [2.05, 4.69) is 9.97 Å². The van der Waals surface area contributed by atoms with E-state index in [-0.39, 0.29) is 16.8 Å². The Morgan fingerprint density at radius 1 is 1.13 bits per heavy atom. The first-order chi connectivity index (χ1) is 14.1. The van der Waals surface area contributed by atoms with Crippen molar-refractivity contribution in [2.75, 3.05) is 0 Å². The zero-order chi connectivity index (χ0) is 21.8. The highest BCUT2D eigenvalue weighted by Gasteiger charge is 2.35. The summed E-state index contributed by atoms with van der Waals surface area (Å²) in [4.78, 5) is 20.2. The second-order valence-electron chi connectivity index (χ2n) is 8.02. The minimum atomic E-state index is -1.19. The van der Waals surface area contributed by atoms with E-state index in [1.54, 1.807) is 39.0 Å². The lowest BCUT2D eigenvalue weighted by atomic mass is 9.85. The molecule has 0 saturated heterocycles. The van der Waals surface area contributed by atoms with E-state index in [9.17, 15) is 23.8 Å². The molecule has 0 fully saturated rings. The van der Waals surface area contributed by atoms with Crippen molar-refractivity contribution >= 4 is 16.8 Å². The molecule has 0 aliphatic heterocycles. The summed E-state index contributed by atoms with van der Waals surface area (Å²) in [6.45, 7) is 4.89. The van der Waals surface area contributed by atoms with Gasteiger partial charge in [0.05, 0.1) is 34.3 Å². The van der Waals surface area contributed by atoms with Crippen molar-refractivity contribution < 1.29 is 23.8 Å². The number of carbonyl (C=O) groups excluding carboxylic acids is 1. The number of benzene rings is 2. The molecular weight excluding hydrogens is 392 g/mol. The van der Waals surface area contributed by atoms with Crippen LogP contribution in [0.15, 0.2) is 42.7 Å². The molecule has 0 aliphatic carbocycles. The molecule has 6 nitrogen and oxygen atoms in total. The van der Waals surface area contributed by atoms with Crippen molar-refractivity contribution in [2.45, 2.75) is 20.8 Å². The fraction of sp³-hybridized carbons (Fsp3) is 0.182. The third-order valence-corrected chi connectivity index (χ3v) is 4.90. The first-order valence-corrected chi connectivity index (χ1v) is 9.20. The Kier molecular flexibility index (Phi) is 4.38. The van der Waals surface area contributed by atoms with Gasteiger partial charge in [-0.1, -0.05) is 26.8 Å².